The Balaban J connectivity index is 2.30. The summed E-state index contributed by atoms with van der Waals surface area (Å²) in [6, 6.07) is 4.65. The molecule has 1 unspecified atom stereocenters. The zero-order valence-corrected chi connectivity index (χ0v) is 13.2. The highest BCUT2D eigenvalue weighted by atomic mass is 19.1. The van der Waals surface area contributed by atoms with Crippen LogP contribution in [0.4, 0.5) is 10.1 Å². The van der Waals surface area contributed by atoms with Crippen LogP contribution in [-0.4, -0.2) is 16.9 Å². The standard InChI is InChI=1S/C16H22FN3O/c1-6-20-12(4)16(11(3)19-20)10(2)18-15-9-13(21-5)7-8-14(15)17/h7-10,18H,6H2,1-5H3. The Hall–Kier alpha value is -2.04. The second-order valence-electron chi connectivity index (χ2n) is 5.11. The maximum atomic E-state index is 13.9. The Bertz CT molecular complexity index is 637. The number of benzene rings is 1. The third-order valence-electron chi connectivity index (χ3n) is 3.72. The van der Waals surface area contributed by atoms with Gasteiger partial charge in [0.15, 0.2) is 0 Å². The topological polar surface area (TPSA) is 39.1 Å². The molecule has 0 aliphatic carbocycles. The van der Waals surface area contributed by atoms with Crippen LogP contribution in [0.1, 0.15) is 36.8 Å². The van der Waals surface area contributed by atoms with Crippen molar-refractivity contribution in [3.05, 3.63) is 41.0 Å². The molecular formula is C16H22FN3O. The number of aryl methyl sites for hydroxylation is 2. The fourth-order valence-electron chi connectivity index (χ4n) is 2.69. The highest BCUT2D eigenvalue weighted by Crippen LogP contribution is 2.28. The molecule has 0 amide bonds. The molecule has 1 N–H and O–H groups in total. The van der Waals surface area contributed by atoms with Crippen LogP contribution in [0.15, 0.2) is 18.2 Å². The first kappa shape index (κ1) is 15.4. The minimum atomic E-state index is -0.291. The van der Waals surface area contributed by atoms with E-state index in [4.69, 9.17) is 4.74 Å². The van der Waals surface area contributed by atoms with Crippen molar-refractivity contribution in [2.45, 2.75) is 40.3 Å². The van der Waals surface area contributed by atoms with Gasteiger partial charge in [0.05, 0.1) is 24.5 Å². The molecule has 21 heavy (non-hydrogen) atoms. The number of nitrogens with zero attached hydrogens (tertiary/aromatic N) is 2. The van der Waals surface area contributed by atoms with Crippen molar-refractivity contribution in [2.24, 2.45) is 0 Å². The smallest absolute Gasteiger partial charge is 0.146 e. The number of halogens is 1. The van der Waals surface area contributed by atoms with Gasteiger partial charge in [-0.15, -0.1) is 0 Å². The van der Waals surface area contributed by atoms with Crippen LogP contribution in [0.5, 0.6) is 5.75 Å². The Morgan fingerprint density at radius 1 is 1.38 bits per heavy atom. The average Bonchev–Trinajstić information content (AvgIpc) is 2.75. The summed E-state index contributed by atoms with van der Waals surface area (Å²) >= 11 is 0. The lowest BCUT2D eigenvalue weighted by Crippen LogP contribution is -2.10. The van der Waals surface area contributed by atoms with Gasteiger partial charge in [0.25, 0.3) is 0 Å². The molecule has 114 valence electrons. The van der Waals surface area contributed by atoms with E-state index in [2.05, 4.69) is 17.3 Å². The number of hydrogen-bond donors (Lipinski definition) is 1. The molecule has 0 bridgehead atoms. The number of ether oxygens (including phenoxy) is 1. The number of anilines is 1. The first-order valence-electron chi connectivity index (χ1n) is 7.11. The van der Waals surface area contributed by atoms with Gasteiger partial charge in [-0.25, -0.2) is 4.39 Å². The largest absolute Gasteiger partial charge is 0.497 e. The van der Waals surface area contributed by atoms with Gasteiger partial charge in [0.2, 0.25) is 0 Å². The normalized spacial score (nSPS) is 12.3. The van der Waals surface area contributed by atoms with Crippen LogP contribution in [0.3, 0.4) is 0 Å². The number of nitrogens with one attached hydrogen (secondary N) is 1. The lowest BCUT2D eigenvalue weighted by Gasteiger charge is -2.17. The molecule has 2 aromatic rings. The van der Waals surface area contributed by atoms with E-state index < -0.39 is 0 Å². The first-order valence-corrected chi connectivity index (χ1v) is 7.11. The van der Waals surface area contributed by atoms with Gasteiger partial charge in [-0.2, -0.15) is 5.10 Å². The molecular weight excluding hydrogens is 269 g/mol. The zero-order chi connectivity index (χ0) is 15.6. The van der Waals surface area contributed by atoms with E-state index in [1.165, 1.54) is 6.07 Å². The van der Waals surface area contributed by atoms with Crippen molar-refractivity contribution < 1.29 is 9.13 Å². The summed E-state index contributed by atoms with van der Waals surface area (Å²) in [6.45, 7) is 8.92. The van der Waals surface area contributed by atoms with Crippen molar-refractivity contribution in [2.75, 3.05) is 12.4 Å². The lowest BCUT2D eigenvalue weighted by molar-refractivity contribution is 0.414. The van der Waals surface area contributed by atoms with Crippen LogP contribution >= 0.6 is 0 Å². The Labute approximate surface area is 124 Å². The predicted molar refractivity (Wildman–Crippen MR) is 82.4 cm³/mol. The van der Waals surface area contributed by atoms with Crippen LogP contribution in [0.25, 0.3) is 0 Å². The average molecular weight is 291 g/mol. The van der Waals surface area contributed by atoms with E-state index in [1.807, 2.05) is 25.5 Å². The molecule has 5 heteroatoms. The summed E-state index contributed by atoms with van der Waals surface area (Å²) in [4.78, 5) is 0. The fraction of sp³-hybridized carbons (Fsp3) is 0.438. The maximum absolute atomic E-state index is 13.9. The molecule has 1 aromatic carbocycles. The molecule has 1 aromatic heterocycles. The van der Waals surface area contributed by atoms with Gasteiger partial charge in [-0.05, 0) is 39.8 Å². The summed E-state index contributed by atoms with van der Waals surface area (Å²) in [5, 5.41) is 7.72. The molecule has 0 fully saturated rings. The minimum Gasteiger partial charge on any atom is -0.497 e. The van der Waals surface area contributed by atoms with Gasteiger partial charge < -0.3 is 10.1 Å². The van der Waals surface area contributed by atoms with E-state index in [9.17, 15) is 4.39 Å². The molecule has 0 radical (unpaired) electrons. The summed E-state index contributed by atoms with van der Waals surface area (Å²) in [6.07, 6.45) is 0. The van der Waals surface area contributed by atoms with E-state index in [-0.39, 0.29) is 11.9 Å². The minimum absolute atomic E-state index is 0.0353. The first-order chi connectivity index (χ1) is 9.97. The Kier molecular flexibility index (Phi) is 4.50. The molecule has 2 rings (SSSR count). The third kappa shape index (κ3) is 3.01. The number of aromatic nitrogens is 2. The molecule has 0 saturated heterocycles. The van der Waals surface area contributed by atoms with Gasteiger partial charge in [0.1, 0.15) is 11.6 Å². The van der Waals surface area contributed by atoms with Gasteiger partial charge in [-0.1, -0.05) is 0 Å². The number of rotatable bonds is 5. The van der Waals surface area contributed by atoms with Crippen LogP contribution in [0, 0.1) is 19.7 Å². The van der Waals surface area contributed by atoms with E-state index in [0.29, 0.717) is 11.4 Å². The summed E-state index contributed by atoms with van der Waals surface area (Å²) in [5.41, 5.74) is 3.62. The van der Waals surface area contributed by atoms with Crippen molar-refractivity contribution in [3.63, 3.8) is 0 Å². The van der Waals surface area contributed by atoms with E-state index >= 15 is 0 Å². The van der Waals surface area contributed by atoms with Crippen LogP contribution < -0.4 is 10.1 Å². The van der Waals surface area contributed by atoms with Crippen molar-refractivity contribution in [1.82, 2.24) is 9.78 Å². The molecule has 1 heterocycles. The fourth-order valence-corrected chi connectivity index (χ4v) is 2.69. The number of methoxy groups -OCH3 is 1. The highest BCUT2D eigenvalue weighted by molar-refractivity contribution is 5.51. The van der Waals surface area contributed by atoms with Gasteiger partial charge in [-0.3, -0.25) is 4.68 Å². The molecule has 4 nitrogen and oxygen atoms in total. The summed E-state index contributed by atoms with van der Waals surface area (Å²) < 4.78 is 21.0. The molecule has 0 spiro atoms. The zero-order valence-electron chi connectivity index (χ0n) is 13.2. The van der Waals surface area contributed by atoms with Crippen molar-refractivity contribution in [1.29, 1.82) is 0 Å². The molecule has 1 atom stereocenters. The van der Waals surface area contributed by atoms with Crippen molar-refractivity contribution in [3.8, 4) is 5.75 Å². The third-order valence-corrected chi connectivity index (χ3v) is 3.72. The van der Waals surface area contributed by atoms with Gasteiger partial charge in [0, 0.05) is 23.9 Å². The molecule has 0 saturated carbocycles. The van der Waals surface area contributed by atoms with Gasteiger partial charge >= 0.3 is 0 Å². The molecule has 0 aliphatic rings. The SMILES string of the molecule is CCn1nc(C)c(C(C)Nc2cc(OC)ccc2F)c1C. The summed E-state index contributed by atoms with van der Waals surface area (Å²) in [5.74, 6) is 0.338. The Morgan fingerprint density at radius 2 is 2.10 bits per heavy atom. The Morgan fingerprint density at radius 3 is 2.67 bits per heavy atom. The summed E-state index contributed by atoms with van der Waals surface area (Å²) in [7, 11) is 1.57. The lowest BCUT2D eigenvalue weighted by atomic mass is 10.1. The highest BCUT2D eigenvalue weighted by Gasteiger charge is 2.18. The second-order valence-corrected chi connectivity index (χ2v) is 5.11. The number of hydrogen-bond acceptors (Lipinski definition) is 3. The second kappa shape index (κ2) is 6.16. The van der Waals surface area contributed by atoms with Crippen molar-refractivity contribution >= 4 is 5.69 Å². The quantitative estimate of drug-likeness (QED) is 0.909. The maximum Gasteiger partial charge on any atom is 0.146 e. The predicted octanol–water partition coefficient (Wildman–Crippen LogP) is 3.84. The van der Waals surface area contributed by atoms with E-state index in [1.54, 1.807) is 19.2 Å². The monoisotopic (exact) mass is 291 g/mol. The molecule has 0 aliphatic heterocycles. The van der Waals surface area contributed by atoms with Crippen LogP contribution in [-0.2, 0) is 6.54 Å². The van der Waals surface area contributed by atoms with E-state index in [0.717, 1.165) is 23.5 Å². The van der Waals surface area contributed by atoms with Crippen LogP contribution in [0.2, 0.25) is 0 Å².